The number of nitrogens with zero attached hydrogens (tertiary/aromatic N) is 4. The van der Waals surface area contributed by atoms with Crippen molar-refractivity contribution in [2.45, 2.75) is 20.3 Å². The lowest BCUT2D eigenvalue weighted by molar-refractivity contribution is -0.117. The normalized spacial score (nSPS) is 13.2. The Labute approximate surface area is 226 Å². The molecule has 4 amide bonds. The highest BCUT2D eigenvalue weighted by Crippen LogP contribution is 2.52. The molecule has 0 bridgehead atoms. The van der Waals surface area contributed by atoms with Crippen molar-refractivity contribution in [1.29, 1.82) is 0 Å². The van der Waals surface area contributed by atoms with Crippen LogP contribution in [-0.4, -0.2) is 24.6 Å². The molecule has 6 rings (SSSR count). The summed E-state index contributed by atoms with van der Waals surface area (Å²) >= 11 is 0. The first-order valence-electron chi connectivity index (χ1n) is 12.9. The zero-order valence-corrected chi connectivity index (χ0v) is 21.6. The van der Waals surface area contributed by atoms with Gasteiger partial charge in [0.2, 0.25) is 5.91 Å². The van der Waals surface area contributed by atoms with E-state index in [1.807, 2.05) is 91.9 Å². The molecule has 4 aromatic rings. The summed E-state index contributed by atoms with van der Waals surface area (Å²) in [5.74, 6) is -0.0688. The highest BCUT2D eigenvalue weighted by atomic mass is 16.6. The smallest absolute Gasteiger partial charge is 0.419 e. The van der Waals surface area contributed by atoms with E-state index in [1.54, 1.807) is 33.8 Å². The molecule has 2 aliphatic heterocycles. The minimum atomic E-state index is -0.521. The van der Waals surface area contributed by atoms with E-state index in [1.165, 1.54) is 4.90 Å². The summed E-state index contributed by atoms with van der Waals surface area (Å²) in [5.41, 5.74) is 4.57. The Hall–Kier alpha value is -5.11. The van der Waals surface area contributed by atoms with Crippen molar-refractivity contribution in [3.8, 4) is 0 Å². The summed E-state index contributed by atoms with van der Waals surface area (Å²) in [6.45, 7) is 3.80. The van der Waals surface area contributed by atoms with Crippen molar-refractivity contribution in [2.24, 2.45) is 0 Å². The summed E-state index contributed by atoms with van der Waals surface area (Å²) in [6.07, 6.45) is -0.209. The zero-order chi connectivity index (χ0) is 27.1. The van der Waals surface area contributed by atoms with Gasteiger partial charge in [0.25, 0.3) is 0 Å². The van der Waals surface area contributed by atoms with Crippen molar-refractivity contribution in [3.05, 3.63) is 97.1 Å². The Morgan fingerprint density at radius 2 is 0.821 bits per heavy atom. The van der Waals surface area contributed by atoms with E-state index < -0.39 is 6.09 Å². The molecule has 39 heavy (non-hydrogen) atoms. The number of ether oxygens (including phenoxy) is 1. The molecule has 0 unspecified atom stereocenters. The number of amides is 4. The highest BCUT2D eigenvalue weighted by Gasteiger charge is 2.41. The fourth-order valence-electron chi connectivity index (χ4n) is 5.21. The van der Waals surface area contributed by atoms with Crippen LogP contribution in [0, 0.1) is 0 Å². The molecule has 0 atom stereocenters. The molecule has 0 aliphatic carbocycles. The van der Waals surface area contributed by atoms with Gasteiger partial charge in [-0.1, -0.05) is 55.5 Å². The molecule has 0 radical (unpaired) electrons. The third kappa shape index (κ3) is 3.72. The first kappa shape index (κ1) is 24.2. The number of para-hydroxylation sites is 8. The predicted molar refractivity (Wildman–Crippen MR) is 152 cm³/mol. The van der Waals surface area contributed by atoms with Crippen LogP contribution in [0.25, 0.3) is 0 Å². The van der Waals surface area contributed by atoms with Crippen molar-refractivity contribution >= 4 is 63.5 Å². The minimum Gasteiger partial charge on any atom is -0.449 e. The number of rotatable bonds is 2. The van der Waals surface area contributed by atoms with Crippen LogP contribution in [0.3, 0.4) is 0 Å². The molecule has 4 aromatic carbocycles. The minimum absolute atomic E-state index is 0.0688. The second-order valence-electron chi connectivity index (χ2n) is 9.03. The summed E-state index contributed by atoms with van der Waals surface area (Å²) in [4.78, 5) is 47.4. The Balaban J connectivity index is 1.56. The molecule has 0 aromatic heterocycles. The van der Waals surface area contributed by atoms with Gasteiger partial charge >= 0.3 is 12.1 Å². The molecule has 8 heteroatoms. The number of hydrogen-bond donors (Lipinski definition) is 0. The molecule has 0 saturated heterocycles. The Morgan fingerprint density at radius 1 is 0.513 bits per heavy atom. The number of hydrogen-bond acceptors (Lipinski definition) is 4. The number of anilines is 8. The van der Waals surface area contributed by atoms with Gasteiger partial charge in [0.1, 0.15) is 0 Å². The van der Waals surface area contributed by atoms with Crippen molar-refractivity contribution < 1.29 is 19.1 Å². The van der Waals surface area contributed by atoms with Gasteiger partial charge in [0.05, 0.1) is 52.1 Å². The second kappa shape index (κ2) is 9.64. The topological polar surface area (TPSA) is 73.4 Å². The van der Waals surface area contributed by atoms with E-state index >= 15 is 0 Å². The number of benzene rings is 4. The monoisotopic (exact) mass is 518 g/mol. The number of urea groups is 1. The van der Waals surface area contributed by atoms with Crippen LogP contribution in [0.5, 0.6) is 0 Å². The highest BCUT2D eigenvalue weighted by molar-refractivity contribution is 6.24. The molecular formula is C31H26N4O4. The van der Waals surface area contributed by atoms with E-state index in [0.29, 0.717) is 51.9 Å². The Kier molecular flexibility index (Phi) is 5.99. The van der Waals surface area contributed by atoms with Crippen LogP contribution in [0.2, 0.25) is 0 Å². The van der Waals surface area contributed by atoms with Crippen molar-refractivity contribution in [2.75, 3.05) is 26.2 Å². The third-order valence-electron chi connectivity index (χ3n) is 6.84. The molecular weight excluding hydrogens is 492 g/mol. The summed E-state index contributed by atoms with van der Waals surface area (Å²) < 4.78 is 5.38. The van der Waals surface area contributed by atoms with Crippen LogP contribution in [0.15, 0.2) is 97.1 Å². The van der Waals surface area contributed by atoms with Gasteiger partial charge < -0.3 is 4.74 Å². The fourth-order valence-corrected chi connectivity index (χ4v) is 5.21. The largest absolute Gasteiger partial charge is 0.449 e. The van der Waals surface area contributed by atoms with Crippen LogP contribution in [0.4, 0.5) is 55.1 Å². The summed E-state index contributed by atoms with van der Waals surface area (Å²) in [5, 5.41) is 0. The van der Waals surface area contributed by atoms with E-state index in [9.17, 15) is 14.4 Å². The fraction of sp³-hybridized carbons (Fsp3) is 0.129. The molecule has 0 spiro atoms. The lowest BCUT2D eigenvalue weighted by Crippen LogP contribution is -2.44. The molecule has 0 fully saturated rings. The summed E-state index contributed by atoms with van der Waals surface area (Å²) in [7, 11) is 0. The van der Waals surface area contributed by atoms with Crippen LogP contribution < -0.4 is 19.6 Å². The first-order valence-corrected chi connectivity index (χ1v) is 12.9. The van der Waals surface area contributed by atoms with E-state index in [4.69, 9.17) is 4.74 Å². The van der Waals surface area contributed by atoms with Crippen molar-refractivity contribution in [1.82, 2.24) is 0 Å². The molecule has 8 nitrogen and oxygen atoms in total. The van der Waals surface area contributed by atoms with Crippen LogP contribution >= 0.6 is 0 Å². The second-order valence-corrected chi connectivity index (χ2v) is 9.03. The lowest BCUT2D eigenvalue weighted by Gasteiger charge is -2.42. The Morgan fingerprint density at radius 3 is 1.13 bits per heavy atom. The standard InChI is InChI=1S/C31H26N4O4/c1-3-29(36)32-21-13-5-7-15-23(21)33(24-16-8-6-14-22(24)32)30(37)34-25-17-9-11-19-27(25)35(31(38)39-4-2)28-20-12-10-18-26(28)34/h5-20H,3-4H2,1-2H3. The quantitative estimate of drug-likeness (QED) is 0.272. The average Bonchev–Trinajstić information content (AvgIpc) is 2.97. The Bertz CT molecular complexity index is 1520. The zero-order valence-electron chi connectivity index (χ0n) is 21.6. The third-order valence-corrected chi connectivity index (χ3v) is 6.84. The molecule has 2 aliphatic rings. The SMILES string of the molecule is CCOC(=O)N1c2ccccc2N(C(=O)N2c3ccccc3N(C(=O)CC)c3ccccc32)c2ccccc21. The molecule has 2 heterocycles. The molecule has 0 N–H and O–H groups in total. The predicted octanol–water partition coefficient (Wildman–Crippen LogP) is 7.78. The van der Waals surface area contributed by atoms with E-state index in [2.05, 4.69) is 0 Å². The summed E-state index contributed by atoms with van der Waals surface area (Å²) in [6, 6.07) is 28.9. The van der Waals surface area contributed by atoms with E-state index in [0.717, 1.165) is 0 Å². The van der Waals surface area contributed by atoms with Gasteiger partial charge in [-0.3, -0.25) is 19.5 Å². The van der Waals surface area contributed by atoms with Crippen LogP contribution in [-0.2, 0) is 9.53 Å². The number of fused-ring (bicyclic) bond motifs is 4. The van der Waals surface area contributed by atoms with Gasteiger partial charge in [-0.25, -0.2) is 14.5 Å². The van der Waals surface area contributed by atoms with Gasteiger partial charge in [0, 0.05) is 6.42 Å². The first-order chi connectivity index (χ1) is 19.1. The van der Waals surface area contributed by atoms with E-state index in [-0.39, 0.29) is 18.5 Å². The van der Waals surface area contributed by atoms with Crippen LogP contribution in [0.1, 0.15) is 20.3 Å². The maximum Gasteiger partial charge on any atom is 0.419 e. The van der Waals surface area contributed by atoms with Gasteiger partial charge in [-0.15, -0.1) is 0 Å². The average molecular weight is 519 g/mol. The van der Waals surface area contributed by atoms with Gasteiger partial charge in [0.15, 0.2) is 0 Å². The van der Waals surface area contributed by atoms with Crippen molar-refractivity contribution in [3.63, 3.8) is 0 Å². The molecule has 0 saturated carbocycles. The molecule has 194 valence electrons. The van der Waals surface area contributed by atoms with Gasteiger partial charge in [-0.2, -0.15) is 0 Å². The maximum absolute atomic E-state index is 14.8. The lowest BCUT2D eigenvalue weighted by atomic mass is 10.1. The maximum atomic E-state index is 14.8. The number of carbonyl (C=O) groups excluding carboxylic acids is 3. The number of carbonyl (C=O) groups is 3. The van der Waals surface area contributed by atoms with Gasteiger partial charge in [-0.05, 0) is 55.5 Å².